The molecule has 5 heterocycles. The summed E-state index contributed by atoms with van der Waals surface area (Å²) in [5, 5.41) is 12.4. The normalized spacial score (nSPS) is 17.2. The molecule has 2 aliphatic rings. The molecular weight excluding hydrogens is 528 g/mol. The van der Waals surface area contributed by atoms with Crippen LogP contribution in [-0.4, -0.2) is 106 Å². The van der Waals surface area contributed by atoms with Gasteiger partial charge >= 0.3 is 0 Å². The van der Waals surface area contributed by atoms with Crippen molar-refractivity contribution in [3.8, 4) is 11.1 Å². The number of aromatic amines is 2. The Labute approximate surface area is 244 Å². The number of piperazine rings is 1. The van der Waals surface area contributed by atoms with Crippen LogP contribution < -0.4 is 5.32 Å². The minimum absolute atomic E-state index is 0.232. The van der Waals surface area contributed by atoms with Gasteiger partial charge in [-0.2, -0.15) is 5.10 Å². The first-order chi connectivity index (χ1) is 20.7. The van der Waals surface area contributed by atoms with Gasteiger partial charge < -0.3 is 15.0 Å². The number of nitrogens with one attached hydrogen (secondary N) is 3. The lowest BCUT2D eigenvalue weighted by Crippen LogP contribution is -2.49. The average molecular weight is 565 g/mol. The molecule has 42 heavy (non-hydrogen) atoms. The second kappa shape index (κ2) is 12.0. The van der Waals surface area contributed by atoms with E-state index < -0.39 is 0 Å². The van der Waals surface area contributed by atoms with E-state index in [4.69, 9.17) is 9.72 Å². The molecule has 2 aromatic carbocycles. The molecule has 0 saturated carbocycles. The number of amides is 1. The Morgan fingerprint density at radius 3 is 2.50 bits per heavy atom. The van der Waals surface area contributed by atoms with E-state index >= 15 is 0 Å². The van der Waals surface area contributed by atoms with Gasteiger partial charge in [0.05, 0.1) is 36.3 Å². The minimum atomic E-state index is -0.232. The maximum atomic E-state index is 13.4. The summed E-state index contributed by atoms with van der Waals surface area (Å²) in [5.74, 6) is -0.232. The Hall–Kier alpha value is -4.09. The van der Waals surface area contributed by atoms with Crippen molar-refractivity contribution in [1.29, 1.82) is 0 Å². The summed E-state index contributed by atoms with van der Waals surface area (Å²) in [4.78, 5) is 28.9. The quantitative estimate of drug-likeness (QED) is 0.263. The number of aromatic nitrogens is 4. The van der Waals surface area contributed by atoms with Crippen LogP contribution in [0.3, 0.4) is 0 Å². The highest BCUT2D eigenvalue weighted by molar-refractivity contribution is 6.09. The van der Waals surface area contributed by atoms with Crippen molar-refractivity contribution in [2.75, 3.05) is 70.9 Å². The molecule has 1 amide bonds. The number of carbonyl (C=O) groups is 1. The Bertz CT molecular complexity index is 1680. The number of ether oxygens (including phenoxy) is 1. The van der Waals surface area contributed by atoms with Crippen LogP contribution in [0.1, 0.15) is 16.2 Å². The lowest BCUT2D eigenvalue weighted by atomic mass is 9.99. The maximum Gasteiger partial charge on any atom is 0.274 e. The predicted octanol–water partition coefficient (Wildman–Crippen LogP) is 3.81. The van der Waals surface area contributed by atoms with Crippen molar-refractivity contribution in [2.24, 2.45) is 0 Å². The molecule has 10 heteroatoms. The number of benzene rings is 2. The molecule has 0 aliphatic carbocycles. The van der Waals surface area contributed by atoms with Crippen molar-refractivity contribution in [1.82, 2.24) is 34.9 Å². The van der Waals surface area contributed by atoms with Crippen LogP contribution in [0.25, 0.3) is 32.9 Å². The number of carbonyl (C=O) groups excluding carboxylic acids is 1. The summed E-state index contributed by atoms with van der Waals surface area (Å²) in [5.41, 5.74) is 6.03. The zero-order chi connectivity index (χ0) is 28.3. The molecule has 0 spiro atoms. The van der Waals surface area contributed by atoms with Gasteiger partial charge in [0.1, 0.15) is 5.69 Å². The van der Waals surface area contributed by atoms with E-state index in [2.05, 4.69) is 59.5 Å². The molecule has 7 rings (SSSR count). The van der Waals surface area contributed by atoms with E-state index in [1.54, 1.807) is 12.3 Å². The Morgan fingerprint density at radius 1 is 0.857 bits per heavy atom. The molecule has 3 aromatic heterocycles. The van der Waals surface area contributed by atoms with Crippen LogP contribution in [0.15, 0.2) is 67.0 Å². The third-order valence-electron chi connectivity index (χ3n) is 8.44. The fraction of sp³-hybridized carbons (Fsp3) is 0.344. The molecule has 0 unspecified atom stereocenters. The topological polar surface area (TPSA) is 105 Å². The van der Waals surface area contributed by atoms with Crippen LogP contribution in [0.2, 0.25) is 0 Å². The van der Waals surface area contributed by atoms with Gasteiger partial charge in [-0.3, -0.25) is 24.6 Å². The number of H-pyrrole nitrogens is 2. The van der Waals surface area contributed by atoms with E-state index in [1.807, 2.05) is 30.5 Å². The third kappa shape index (κ3) is 5.79. The first-order valence-electron chi connectivity index (χ1n) is 14.8. The van der Waals surface area contributed by atoms with Crippen LogP contribution >= 0.6 is 0 Å². The number of anilines is 1. The lowest BCUT2D eigenvalue weighted by molar-refractivity contribution is 0.0296. The van der Waals surface area contributed by atoms with E-state index in [0.717, 1.165) is 111 Å². The Morgan fingerprint density at radius 2 is 1.64 bits per heavy atom. The standard InChI is InChI=1S/C32H36N8O2/c41-32(36-30-19-23(20-31-27(30)21-34-37-31)25-4-2-5-28-26(25)7-8-33-28)29-6-1-3-24(35-29)22-40-13-11-38(12-14-40)9-10-39-15-17-42-18-16-39/h1-8,19-21,33H,9-18,22H2,(H,34,37)(H,36,41). The van der Waals surface area contributed by atoms with Gasteiger partial charge in [-0.15, -0.1) is 0 Å². The van der Waals surface area contributed by atoms with Gasteiger partial charge in [0.15, 0.2) is 0 Å². The highest BCUT2D eigenvalue weighted by atomic mass is 16.5. The highest BCUT2D eigenvalue weighted by Crippen LogP contribution is 2.34. The molecule has 216 valence electrons. The third-order valence-corrected chi connectivity index (χ3v) is 8.44. The molecule has 0 bridgehead atoms. The van der Waals surface area contributed by atoms with Crippen molar-refractivity contribution in [3.05, 3.63) is 78.4 Å². The summed E-state index contributed by atoms with van der Waals surface area (Å²) in [6.07, 6.45) is 3.69. The summed E-state index contributed by atoms with van der Waals surface area (Å²) in [6.45, 7) is 10.8. The Balaban J connectivity index is 1.01. The first-order valence-corrected chi connectivity index (χ1v) is 14.8. The smallest absolute Gasteiger partial charge is 0.274 e. The van der Waals surface area contributed by atoms with Gasteiger partial charge in [-0.25, -0.2) is 4.98 Å². The largest absolute Gasteiger partial charge is 0.379 e. The highest BCUT2D eigenvalue weighted by Gasteiger charge is 2.20. The fourth-order valence-corrected chi connectivity index (χ4v) is 6.04. The molecular formula is C32H36N8O2. The number of hydrogen-bond donors (Lipinski definition) is 3. The fourth-order valence-electron chi connectivity index (χ4n) is 6.04. The first kappa shape index (κ1) is 26.8. The van der Waals surface area contributed by atoms with Crippen LogP contribution in [-0.2, 0) is 11.3 Å². The summed E-state index contributed by atoms with van der Waals surface area (Å²) in [7, 11) is 0. The zero-order valence-electron chi connectivity index (χ0n) is 23.7. The van der Waals surface area contributed by atoms with Gasteiger partial charge in [0, 0.05) is 81.4 Å². The molecule has 2 fully saturated rings. The van der Waals surface area contributed by atoms with Crippen LogP contribution in [0, 0.1) is 0 Å². The molecule has 2 aliphatic heterocycles. The van der Waals surface area contributed by atoms with Gasteiger partial charge in [-0.1, -0.05) is 18.2 Å². The van der Waals surface area contributed by atoms with Crippen LogP contribution in [0.5, 0.6) is 0 Å². The van der Waals surface area contributed by atoms with E-state index in [-0.39, 0.29) is 5.91 Å². The Kier molecular flexibility index (Phi) is 7.67. The minimum Gasteiger partial charge on any atom is -0.379 e. The second-order valence-corrected chi connectivity index (χ2v) is 11.1. The number of morpholine rings is 1. The van der Waals surface area contributed by atoms with E-state index in [9.17, 15) is 4.79 Å². The molecule has 10 nitrogen and oxygen atoms in total. The molecule has 2 saturated heterocycles. The van der Waals surface area contributed by atoms with Crippen molar-refractivity contribution in [2.45, 2.75) is 6.54 Å². The number of nitrogens with zero attached hydrogens (tertiary/aromatic N) is 5. The predicted molar refractivity (Wildman–Crippen MR) is 165 cm³/mol. The second-order valence-electron chi connectivity index (χ2n) is 11.1. The zero-order valence-corrected chi connectivity index (χ0v) is 23.7. The summed E-state index contributed by atoms with van der Waals surface area (Å²) in [6, 6.07) is 18.0. The monoisotopic (exact) mass is 564 g/mol. The average Bonchev–Trinajstić information content (AvgIpc) is 3.71. The van der Waals surface area contributed by atoms with Crippen LogP contribution in [0.4, 0.5) is 5.69 Å². The number of fused-ring (bicyclic) bond motifs is 2. The van der Waals surface area contributed by atoms with Crippen molar-refractivity contribution >= 4 is 33.4 Å². The number of pyridine rings is 1. The summed E-state index contributed by atoms with van der Waals surface area (Å²) >= 11 is 0. The van der Waals surface area contributed by atoms with Crippen molar-refractivity contribution in [3.63, 3.8) is 0 Å². The molecule has 3 N–H and O–H groups in total. The van der Waals surface area contributed by atoms with E-state index in [1.165, 1.54) is 0 Å². The summed E-state index contributed by atoms with van der Waals surface area (Å²) < 4.78 is 5.46. The number of hydrogen-bond acceptors (Lipinski definition) is 7. The van der Waals surface area contributed by atoms with Gasteiger partial charge in [0.25, 0.3) is 5.91 Å². The van der Waals surface area contributed by atoms with E-state index in [0.29, 0.717) is 11.4 Å². The van der Waals surface area contributed by atoms with Gasteiger partial charge in [-0.05, 0) is 47.5 Å². The van der Waals surface area contributed by atoms with Gasteiger partial charge in [0.2, 0.25) is 0 Å². The SMILES string of the molecule is O=C(Nc1cc(-c2cccc3[nH]ccc23)cc2[nH]ncc12)c1cccc(CN2CCN(CCN3CCOCC3)CC2)n1. The molecule has 5 aromatic rings. The lowest BCUT2D eigenvalue weighted by Gasteiger charge is -2.36. The maximum absolute atomic E-state index is 13.4. The molecule has 0 radical (unpaired) electrons. The molecule has 0 atom stereocenters. The van der Waals surface area contributed by atoms with Crippen molar-refractivity contribution < 1.29 is 9.53 Å². The number of rotatable bonds is 8.